The molecule has 6 nitrogen and oxygen atoms in total. The van der Waals surface area contributed by atoms with Crippen molar-refractivity contribution >= 4 is 23.4 Å². The van der Waals surface area contributed by atoms with Crippen molar-refractivity contribution in [3.63, 3.8) is 0 Å². The fraction of sp³-hybridized carbons (Fsp3) is 0.250. The van der Waals surface area contributed by atoms with Crippen molar-refractivity contribution in [1.29, 1.82) is 0 Å². The van der Waals surface area contributed by atoms with Gasteiger partial charge in [0.25, 0.3) is 5.69 Å². The smallest absolute Gasteiger partial charge is 0.325 e. The number of halogens is 1. The minimum Gasteiger partial charge on any atom is -0.862 e. The lowest BCUT2D eigenvalue weighted by atomic mass is 10.2. The van der Waals surface area contributed by atoms with Gasteiger partial charge in [0.05, 0.1) is 11.6 Å². The van der Waals surface area contributed by atoms with E-state index in [2.05, 4.69) is 10.3 Å². The van der Waals surface area contributed by atoms with Crippen LogP contribution in [0.5, 0.6) is 0 Å². The molecule has 0 amide bonds. The van der Waals surface area contributed by atoms with Gasteiger partial charge in [0, 0.05) is 5.56 Å². The molecule has 2 rings (SSSR count). The Morgan fingerprint density at radius 2 is 2.26 bits per heavy atom. The molecular weight excluding hydrogens is 268 g/mol. The van der Waals surface area contributed by atoms with Gasteiger partial charge in [-0.05, 0) is 23.6 Å². The van der Waals surface area contributed by atoms with Gasteiger partial charge in [-0.1, -0.05) is 29.8 Å². The first-order valence-corrected chi connectivity index (χ1v) is 6.04. The molecule has 100 valence electrons. The molecule has 0 saturated carbocycles. The van der Waals surface area contributed by atoms with Crippen LogP contribution in [0.2, 0.25) is 5.02 Å². The fourth-order valence-electron chi connectivity index (χ4n) is 1.63. The second-order valence-corrected chi connectivity index (χ2v) is 4.32. The van der Waals surface area contributed by atoms with Crippen molar-refractivity contribution in [2.45, 2.75) is 20.0 Å². The Morgan fingerprint density at radius 1 is 1.53 bits per heavy atom. The molecule has 2 aromatic rings. The number of nitrogens with zero attached hydrogens (tertiary/aromatic N) is 3. The number of rotatable bonds is 4. The van der Waals surface area contributed by atoms with Crippen LogP contribution >= 0.6 is 11.6 Å². The molecule has 0 spiro atoms. The van der Waals surface area contributed by atoms with Gasteiger partial charge in [-0.3, -0.25) is 4.52 Å². The molecule has 1 aromatic heterocycles. The van der Waals surface area contributed by atoms with Crippen molar-refractivity contribution in [2.75, 3.05) is 0 Å². The maximum atomic E-state index is 11.0. The average Bonchev–Trinajstić information content (AvgIpc) is 2.73. The zero-order valence-corrected chi connectivity index (χ0v) is 11.1. The highest BCUT2D eigenvalue weighted by molar-refractivity contribution is 6.31. The van der Waals surface area contributed by atoms with Gasteiger partial charge in [-0.25, -0.2) is 4.99 Å². The van der Waals surface area contributed by atoms with Crippen molar-refractivity contribution in [3.05, 3.63) is 40.5 Å². The van der Waals surface area contributed by atoms with E-state index in [0.717, 1.165) is 5.56 Å². The summed E-state index contributed by atoms with van der Waals surface area (Å²) in [5.41, 5.74) is 7.07. The summed E-state index contributed by atoms with van der Waals surface area (Å²) in [6, 6.07) is 7.40. The predicted molar refractivity (Wildman–Crippen MR) is 67.9 cm³/mol. The summed E-state index contributed by atoms with van der Waals surface area (Å²) in [7, 11) is 0. The maximum absolute atomic E-state index is 11.0. The lowest BCUT2D eigenvalue weighted by Gasteiger charge is -1.99. The molecule has 0 aliphatic rings. The lowest BCUT2D eigenvalue weighted by molar-refractivity contribution is -0.760. The molecule has 0 unspecified atom stereocenters. The Kier molecular flexibility index (Phi) is 4.13. The van der Waals surface area contributed by atoms with Crippen molar-refractivity contribution < 1.29 is 14.3 Å². The van der Waals surface area contributed by atoms with Crippen molar-refractivity contribution in [1.82, 2.24) is 5.27 Å². The van der Waals surface area contributed by atoms with Gasteiger partial charge in [-0.2, -0.15) is 0 Å². The quantitative estimate of drug-likeness (QED) is 0.502. The molecule has 1 aromatic carbocycles. The van der Waals surface area contributed by atoms with Gasteiger partial charge in [-0.15, -0.1) is 0 Å². The molecule has 19 heavy (non-hydrogen) atoms. The monoisotopic (exact) mass is 280 g/mol. The Labute approximate surface area is 115 Å². The van der Waals surface area contributed by atoms with Crippen LogP contribution in [0.15, 0.2) is 33.8 Å². The second kappa shape index (κ2) is 5.81. The van der Waals surface area contributed by atoms with Crippen LogP contribution in [0.4, 0.5) is 5.88 Å². The van der Waals surface area contributed by atoms with E-state index in [1.54, 1.807) is 10.7 Å². The summed E-state index contributed by atoms with van der Waals surface area (Å²) in [5.74, 6) is -0.224. The summed E-state index contributed by atoms with van der Waals surface area (Å²) in [4.78, 5) is 3.71. The normalized spacial score (nSPS) is 11.8. The molecule has 0 saturated heterocycles. The zero-order chi connectivity index (χ0) is 13.8. The molecule has 1 heterocycles. The summed E-state index contributed by atoms with van der Waals surface area (Å²) < 4.78 is 6.56. The van der Waals surface area contributed by atoms with Crippen LogP contribution in [-0.4, -0.2) is 11.2 Å². The van der Waals surface area contributed by atoms with E-state index in [9.17, 15) is 5.11 Å². The minimum absolute atomic E-state index is 0.141. The lowest BCUT2D eigenvalue weighted by Crippen LogP contribution is -2.41. The zero-order valence-electron chi connectivity index (χ0n) is 10.3. The maximum Gasteiger partial charge on any atom is 0.325 e. The molecule has 7 heteroatoms. The van der Waals surface area contributed by atoms with Crippen LogP contribution in [0.1, 0.15) is 18.2 Å². The molecule has 0 fully saturated rings. The fourth-order valence-corrected chi connectivity index (χ4v) is 1.83. The number of hydrogen-bond acceptors (Lipinski definition) is 5. The van der Waals surface area contributed by atoms with Crippen molar-refractivity contribution in [2.24, 2.45) is 10.7 Å². The van der Waals surface area contributed by atoms with Gasteiger partial charge in [0.15, 0.2) is 0 Å². The second-order valence-electron chi connectivity index (χ2n) is 3.91. The first-order chi connectivity index (χ1) is 9.11. The standard InChI is InChI=1S/C12H13ClN4O2/c1-8(18)15-12-11(6-14)17(16-19-12)7-9-4-2-3-5-10(9)13/h2-5H,6-7,14H2,1H3. The number of aromatic nitrogens is 2. The van der Waals surface area contributed by atoms with Gasteiger partial charge < -0.3 is 10.8 Å². The highest BCUT2D eigenvalue weighted by atomic mass is 35.5. The van der Waals surface area contributed by atoms with Crippen LogP contribution in [-0.2, 0) is 13.1 Å². The van der Waals surface area contributed by atoms with Gasteiger partial charge in [0.2, 0.25) is 11.8 Å². The van der Waals surface area contributed by atoms with E-state index in [1.807, 2.05) is 18.2 Å². The summed E-state index contributed by atoms with van der Waals surface area (Å²) >= 11 is 6.08. The molecule has 0 aliphatic heterocycles. The Morgan fingerprint density at radius 3 is 2.89 bits per heavy atom. The molecule has 0 aliphatic carbocycles. The summed E-state index contributed by atoms with van der Waals surface area (Å²) in [6.45, 7) is 1.91. The minimum atomic E-state index is -0.365. The van der Waals surface area contributed by atoms with Gasteiger partial charge >= 0.3 is 5.88 Å². The molecule has 2 N–H and O–H groups in total. The Bertz CT molecular complexity index is 606. The topological polar surface area (TPSA) is 91.3 Å². The van der Waals surface area contributed by atoms with E-state index in [0.29, 0.717) is 17.3 Å². The van der Waals surface area contributed by atoms with Gasteiger partial charge in [0.1, 0.15) is 0 Å². The number of nitrogens with two attached hydrogens (primary N) is 1. The Hall–Kier alpha value is -1.92. The third-order valence-electron chi connectivity index (χ3n) is 2.51. The molecule has 0 atom stereocenters. The van der Waals surface area contributed by atoms with E-state index in [4.69, 9.17) is 21.9 Å². The van der Waals surface area contributed by atoms with Crippen LogP contribution in [0.3, 0.4) is 0 Å². The summed E-state index contributed by atoms with van der Waals surface area (Å²) in [6.07, 6.45) is 0. The molecule has 0 radical (unpaired) electrons. The van der Waals surface area contributed by atoms with Crippen LogP contribution < -0.4 is 15.5 Å². The highest BCUT2D eigenvalue weighted by Crippen LogP contribution is 2.17. The predicted octanol–water partition coefficient (Wildman–Crippen LogP) is 0.533. The first-order valence-electron chi connectivity index (χ1n) is 5.66. The molecule has 0 bridgehead atoms. The average molecular weight is 281 g/mol. The van der Waals surface area contributed by atoms with E-state index in [1.165, 1.54) is 6.92 Å². The molecular formula is C12H13ClN4O2. The number of benzene rings is 1. The summed E-state index contributed by atoms with van der Waals surface area (Å²) in [5, 5.41) is 15.4. The van der Waals surface area contributed by atoms with Crippen LogP contribution in [0.25, 0.3) is 0 Å². The van der Waals surface area contributed by atoms with E-state index < -0.39 is 0 Å². The largest absolute Gasteiger partial charge is 0.862 e. The van der Waals surface area contributed by atoms with Crippen LogP contribution in [0, 0.1) is 0 Å². The highest BCUT2D eigenvalue weighted by Gasteiger charge is 2.23. The Balaban J connectivity index is 2.34. The van der Waals surface area contributed by atoms with Crippen molar-refractivity contribution in [3.8, 4) is 0 Å². The first kappa shape index (κ1) is 13.5. The van der Waals surface area contributed by atoms with E-state index >= 15 is 0 Å². The van der Waals surface area contributed by atoms with E-state index in [-0.39, 0.29) is 18.3 Å². The number of hydrogen-bond donors (Lipinski definition) is 1. The SMILES string of the molecule is C/C([O-])=N/c1on[n+](Cc2ccccc2Cl)c1CN. The third kappa shape index (κ3) is 3.10. The third-order valence-corrected chi connectivity index (χ3v) is 2.88. The number of aliphatic imine (C=N–C) groups is 1.